The molecule has 0 aliphatic carbocycles. The van der Waals surface area contributed by atoms with Gasteiger partial charge in [0.2, 0.25) is 0 Å². The normalized spacial score (nSPS) is 10.9. The molecule has 4 aromatic rings. The van der Waals surface area contributed by atoms with Gasteiger partial charge in [0.15, 0.2) is 6.61 Å². The van der Waals surface area contributed by atoms with Crippen molar-refractivity contribution in [3.05, 3.63) is 71.8 Å². The SMILES string of the molecule is O=C(COc1ccc(Cl)cc1)Oc1ccc2oc3ccccc3c2c1. The largest absolute Gasteiger partial charge is 0.482 e. The lowest BCUT2D eigenvalue weighted by Crippen LogP contribution is -2.17. The van der Waals surface area contributed by atoms with Crippen LogP contribution in [0.4, 0.5) is 0 Å². The Balaban J connectivity index is 1.49. The van der Waals surface area contributed by atoms with Gasteiger partial charge in [-0.15, -0.1) is 0 Å². The Morgan fingerprint density at radius 3 is 2.44 bits per heavy atom. The zero-order valence-electron chi connectivity index (χ0n) is 13.1. The maximum absolute atomic E-state index is 12.0. The van der Waals surface area contributed by atoms with Crippen LogP contribution < -0.4 is 9.47 Å². The molecule has 0 saturated heterocycles. The van der Waals surface area contributed by atoms with Crippen LogP contribution in [-0.2, 0) is 4.79 Å². The van der Waals surface area contributed by atoms with E-state index in [0.717, 1.165) is 21.9 Å². The number of carbonyl (C=O) groups excluding carboxylic acids is 1. The topological polar surface area (TPSA) is 48.7 Å². The fourth-order valence-electron chi connectivity index (χ4n) is 2.60. The van der Waals surface area contributed by atoms with E-state index in [4.69, 9.17) is 25.5 Å². The second-order valence-corrected chi connectivity index (χ2v) is 5.91. The average Bonchev–Trinajstić information content (AvgIpc) is 2.99. The summed E-state index contributed by atoms with van der Waals surface area (Å²) < 4.78 is 16.5. The molecule has 0 fully saturated rings. The quantitative estimate of drug-likeness (QED) is 0.373. The Morgan fingerprint density at radius 2 is 1.60 bits per heavy atom. The first kappa shape index (κ1) is 15.5. The van der Waals surface area contributed by atoms with E-state index < -0.39 is 5.97 Å². The highest BCUT2D eigenvalue weighted by molar-refractivity contribution is 6.30. The van der Waals surface area contributed by atoms with Crippen LogP contribution >= 0.6 is 11.6 Å². The molecule has 0 N–H and O–H groups in total. The van der Waals surface area contributed by atoms with Gasteiger partial charge >= 0.3 is 5.97 Å². The van der Waals surface area contributed by atoms with Crippen LogP contribution in [0.2, 0.25) is 5.02 Å². The van der Waals surface area contributed by atoms with E-state index in [9.17, 15) is 4.79 Å². The molecule has 1 heterocycles. The molecule has 4 rings (SSSR count). The lowest BCUT2D eigenvalue weighted by molar-refractivity contribution is -0.136. The molecule has 0 aliphatic rings. The number of hydrogen-bond donors (Lipinski definition) is 0. The molecule has 0 saturated carbocycles. The molecule has 25 heavy (non-hydrogen) atoms. The Hall–Kier alpha value is -2.98. The van der Waals surface area contributed by atoms with Gasteiger partial charge in [-0.2, -0.15) is 0 Å². The van der Waals surface area contributed by atoms with E-state index in [0.29, 0.717) is 16.5 Å². The van der Waals surface area contributed by atoms with Crippen LogP contribution in [0, 0.1) is 0 Å². The third-order valence-electron chi connectivity index (χ3n) is 3.75. The average molecular weight is 353 g/mol. The van der Waals surface area contributed by atoms with Crippen LogP contribution in [0.15, 0.2) is 71.1 Å². The molecular weight excluding hydrogens is 340 g/mol. The fraction of sp³-hybridized carbons (Fsp3) is 0.0500. The molecule has 124 valence electrons. The molecule has 0 bridgehead atoms. The van der Waals surface area contributed by atoms with E-state index in [1.54, 1.807) is 42.5 Å². The Morgan fingerprint density at radius 1 is 0.880 bits per heavy atom. The number of rotatable bonds is 4. The van der Waals surface area contributed by atoms with Crippen LogP contribution in [0.1, 0.15) is 0 Å². The van der Waals surface area contributed by atoms with Gasteiger partial charge in [-0.05, 0) is 48.5 Å². The minimum Gasteiger partial charge on any atom is -0.482 e. The summed E-state index contributed by atoms with van der Waals surface area (Å²) in [4.78, 5) is 12.0. The van der Waals surface area contributed by atoms with E-state index in [1.165, 1.54) is 0 Å². The zero-order valence-corrected chi connectivity index (χ0v) is 13.8. The second kappa shape index (κ2) is 6.49. The molecule has 0 radical (unpaired) electrons. The van der Waals surface area contributed by atoms with Crippen LogP contribution in [0.5, 0.6) is 11.5 Å². The molecule has 0 amide bonds. The van der Waals surface area contributed by atoms with Crippen molar-refractivity contribution in [3.8, 4) is 11.5 Å². The highest BCUT2D eigenvalue weighted by Gasteiger charge is 2.10. The number of fused-ring (bicyclic) bond motifs is 3. The third kappa shape index (κ3) is 3.30. The number of benzene rings is 3. The minimum atomic E-state index is -0.484. The summed E-state index contributed by atoms with van der Waals surface area (Å²) >= 11 is 5.81. The molecular formula is C20H13ClO4. The fourth-order valence-corrected chi connectivity index (χ4v) is 2.73. The predicted octanol–water partition coefficient (Wildman–Crippen LogP) is 5.22. The molecule has 4 nitrogen and oxygen atoms in total. The van der Waals surface area contributed by atoms with Crippen LogP contribution in [0.3, 0.4) is 0 Å². The highest BCUT2D eigenvalue weighted by atomic mass is 35.5. The summed E-state index contributed by atoms with van der Waals surface area (Å²) in [5, 5.41) is 2.49. The summed E-state index contributed by atoms with van der Waals surface area (Å²) in [6.45, 7) is -0.189. The molecule has 0 aliphatic heterocycles. The van der Waals surface area contributed by atoms with E-state index >= 15 is 0 Å². The number of carbonyl (C=O) groups is 1. The van der Waals surface area contributed by atoms with Crippen molar-refractivity contribution >= 4 is 39.5 Å². The predicted molar refractivity (Wildman–Crippen MR) is 96.3 cm³/mol. The lowest BCUT2D eigenvalue weighted by atomic mass is 10.1. The maximum Gasteiger partial charge on any atom is 0.349 e. The summed E-state index contributed by atoms with van der Waals surface area (Å²) in [5.41, 5.74) is 1.55. The van der Waals surface area contributed by atoms with Gasteiger partial charge < -0.3 is 13.9 Å². The van der Waals surface area contributed by atoms with Gasteiger partial charge in [0.25, 0.3) is 0 Å². The van der Waals surface area contributed by atoms with Gasteiger partial charge in [0.05, 0.1) is 0 Å². The van der Waals surface area contributed by atoms with E-state index in [-0.39, 0.29) is 6.61 Å². The standard InChI is InChI=1S/C20H13ClO4/c21-13-5-7-14(8-6-13)23-12-20(22)24-15-9-10-19-17(11-15)16-3-1-2-4-18(16)25-19/h1-11H,12H2. The van der Waals surface area contributed by atoms with Crippen molar-refractivity contribution in [2.75, 3.05) is 6.61 Å². The number of hydrogen-bond acceptors (Lipinski definition) is 4. The highest BCUT2D eigenvalue weighted by Crippen LogP contribution is 2.31. The first-order valence-corrected chi connectivity index (χ1v) is 8.07. The van der Waals surface area contributed by atoms with Gasteiger partial charge in [-0.1, -0.05) is 29.8 Å². The summed E-state index contributed by atoms with van der Waals surface area (Å²) in [5.74, 6) is 0.517. The number of furan rings is 1. The number of ether oxygens (including phenoxy) is 2. The molecule has 0 spiro atoms. The molecule has 5 heteroatoms. The second-order valence-electron chi connectivity index (χ2n) is 5.47. The van der Waals surface area contributed by atoms with Crippen LogP contribution in [-0.4, -0.2) is 12.6 Å². The van der Waals surface area contributed by atoms with Gasteiger partial charge in [-0.25, -0.2) is 4.79 Å². The van der Waals surface area contributed by atoms with Crippen molar-refractivity contribution in [2.24, 2.45) is 0 Å². The minimum absolute atomic E-state index is 0.189. The maximum atomic E-state index is 12.0. The Labute approximate surface area is 148 Å². The van der Waals surface area contributed by atoms with Crippen molar-refractivity contribution in [3.63, 3.8) is 0 Å². The van der Waals surface area contributed by atoms with Crippen LogP contribution in [0.25, 0.3) is 21.9 Å². The molecule has 0 unspecified atom stereocenters. The smallest absolute Gasteiger partial charge is 0.349 e. The van der Waals surface area contributed by atoms with Crippen molar-refractivity contribution in [2.45, 2.75) is 0 Å². The Bertz CT molecular complexity index is 1050. The Kier molecular flexibility index (Phi) is 4.04. The van der Waals surface area contributed by atoms with Gasteiger partial charge in [0.1, 0.15) is 22.7 Å². The summed E-state index contributed by atoms with van der Waals surface area (Å²) in [7, 11) is 0. The molecule has 3 aromatic carbocycles. The van der Waals surface area contributed by atoms with E-state index in [1.807, 2.05) is 24.3 Å². The van der Waals surface area contributed by atoms with Crippen molar-refractivity contribution < 1.29 is 18.7 Å². The lowest BCUT2D eigenvalue weighted by Gasteiger charge is -2.07. The van der Waals surface area contributed by atoms with Crippen molar-refractivity contribution in [1.82, 2.24) is 0 Å². The van der Waals surface area contributed by atoms with Crippen molar-refractivity contribution in [1.29, 1.82) is 0 Å². The number of para-hydroxylation sites is 1. The first-order chi connectivity index (χ1) is 12.2. The zero-order chi connectivity index (χ0) is 17.2. The van der Waals surface area contributed by atoms with Gasteiger partial charge in [0, 0.05) is 15.8 Å². The molecule has 0 atom stereocenters. The van der Waals surface area contributed by atoms with E-state index in [2.05, 4.69) is 0 Å². The monoisotopic (exact) mass is 352 g/mol. The summed E-state index contributed by atoms with van der Waals surface area (Å²) in [6, 6.07) is 19.8. The third-order valence-corrected chi connectivity index (χ3v) is 4.00. The summed E-state index contributed by atoms with van der Waals surface area (Å²) in [6.07, 6.45) is 0. The first-order valence-electron chi connectivity index (χ1n) is 7.69. The number of esters is 1. The number of halogens is 1. The molecule has 1 aromatic heterocycles. The van der Waals surface area contributed by atoms with Gasteiger partial charge in [-0.3, -0.25) is 0 Å².